The first-order valence-electron chi connectivity index (χ1n) is 8.73. The summed E-state index contributed by atoms with van der Waals surface area (Å²) in [6.45, 7) is 3.57. The molecule has 0 spiro atoms. The Balaban J connectivity index is 1.71. The van der Waals surface area contributed by atoms with Crippen LogP contribution in [-0.2, 0) is 0 Å². The van der Waals surface area contributed by atoms with Gasteiger partial charge in [0.15, 0.2) is 0 Å². The van der Waals surface area contributed by atoms with Gasteiger partial charge in [-0.2, -0.15) is 0 Å². The van der Waals surface area contributed by atoms with E-state index in [2.05, 4.69) is 11.8 Å². The third-order valence-electron chi connectivity index (χ3n) is 6.18. The Morgan fingerprint density at radius 2 is 1.74 bits per heavy atom. The number of rotatable bonds is 2. The Labute approximate surface area is 118 Å². The van der Waals surface area contributed by atoms with Crippen LogP contribution >= 0.6 is 0 Å². The van der Waals surface area contributed by atoms with Crippen LogP contribution in [0, 0.1) is 11.8 Å². The Hall–Kier alpha value is -0.0800. The van der Waals surface area contributed by atoms with Crippen LogP contribution in [0.2, 0.25) is 0 Å². The average molecular weight is 265 g/mol. The maximum absolute atomic E-state index is 10.5. The molecule has 5 atom stereocenters. The number of aliphatic hydroxyl groups is 1. The van der Waals surface area contributed by atoms with Crippen molar-refractivity contribution in [2.45, 2.75) is 89.3 Å². The highest BCUT2D eigenvalue weighted by atomic mass is 16.3. The lowest BCUT2D eigenvalue weighted by Gasteiger charge is -2.50. The minimum atomic E-state index is -0.0523. The third kappa shape index (κ3) is 2.85. The summed E-state index contributed by atoms with van der Waals surface area (Å²) in [5.41, 5.74) is 0. The van der Waals surface area contributed by atoms with E-state index >= 15 is 0 Å². The van der Waals surface area contributed by atoms with Crippen LogP contribution in [0.1, 0.15) is 71.1 Å². The predicted molar refractivity (Wildman–Crippen MR) is 79.1 cm³/mol. The van der Waals surface area contributed by atoms with Gasteiger partial charge in [-0.05, 0) is 63.3 Å². The van der Waals surface area contributed by atoms with Gasteiger partial charge in [0.05, 0.1) is 6.10 Å². The van der Waals surface area contributed by atoms with Crippen LogP contribution < -0.4 is 0 Å². The van der Waals surface area contributed by atoms with Crippen molar-refractivity contribution in [3.8, 4) is 0 Å². The lowest BCUT2D eigenvalue weighted by Crippen LogP contribution is -2.56. The molecule has 1 N–H and O–H groups in total. The molecule has 1 saturated heterocycles. The fourth-order valence-electron chi connectivity index (χ4n) is 5.02. The number of fused-ring (bicyclic) bond motifs is 1. The van der Waals surface area contributed by atoms with Crippen LogP contribution in [0.5, 0.6) is 0 Å². The van der Waals surface area contributed by atoms with Crippen molar-refractivity contribution in [3.05, 3.63) is 0 Å². The van der Waals surface area contributed by atoms with E-state index in [0.717, 1.165) is 24.3 Å². The molecule has 0 radical (unpaired) electrons. The van der Waals surface area contributed by atoms with Crippen LogP contribution in [0.4, 0.5) is 0 Å². The predicted octanol–water partition coefficient (Wildman–Crippen LogP) is 3.58. The van der Waals surface area contributed by atoms with Gasteiger partial charge >= 0.3 is 0 Å². The van der Waals surface area contributed by atoms with Gasteiger partial charge in [-0.3, -0.25) is 4.90 Å². The van der Waals surface area contributed by atoms with Crippen molar-refractivity contribution < 1.29 is 5.11 Å². The molecular weight excluding hydrogens is 234 g/mol. The van der Waals surface area contributed by atoms with Crippen LogP contribution in [-0.4, -0.2) is 34.7 Å². The Morgan fingerprint density at radius 1 is 0.947 bits per heavy atom. The van der Waals surface area contributed by atoms with E-state index in [1.807, 2.05) is 0 Å². The molecule has 0 bridgehead atoms. The highest BCUT2D eigenvalue weighted by molar-refractivity contribution is 4.95. The van der Waals surface area contributed by atoms with Gasteiger partial charge in [0, 0.05) is 12.1 Å². The fraction of sp³-hybridized carbons (Fsp3) is 1.00. The summed E-state index contributed by atoms with van der Waals surface area (Å²) in [6, 6.07) is 1.28. The molecule has 2 saturated carbocycles. The highest BCUT2D eigenvalue weighted by Crippen LogP contribution is 2.40. The molecule has 0 aromatic heterocycles. The van der Waals surface area contributed by atoms with Crippen LogP contribution in [0.25, 0.3) is 0 Å². The SMILES string of the molecule is CCC1CCC(O)C(N2CCC[C@H]3CCCC[C@H]32)C1. The molecule has 2 heteroatoms. The molecule has 0 aromatic rings. The highest BCUT2D eigenvalue weighted by Gasteiger charge is 2.40. The molecule has 19 heavy (non-hydrogen) atoms. The molecule has 2 nitrogen and oxygen atoms in total. The standard InChI is InChI=1S/C17H31NO/c1-2-13-9-10-17(19)16(12-13)18-11-5-7-14-6-3-4-8-15(14)18/h13-17,19H,2-12H2,1H3/t13?,14-,15-,16?,17?/m1/s1. The van der Waals surface area contributed by atoms with E-state index in [1.165, 1.54) is 64.3 Å². The number of hydrogen-bond donors (Lipinski definition) is 1. The summed E-state index contributed by atoms with van der Waals surface area (Å²) in [6.07, 6.45) is 13.3. The molecule has 3 unspecified atom stereocenters. The summed E-state index contributed by atoms with van der Waals surface area (Å²) in [7, 11) is 0. The van der Waals surface area contributed by atoms with Gasteiger partial charge in [0.25, 0.3) is 0 Å². The Morgan fingerprint density at radius 3 is 2.58 bits per heavy atom. The summed E-state index contributed by atoms with van der Waals surface area (Å²) < 4.78 is 0. The topological polar surface area (TPSA) is 23.5 Å². The maximum Gasteiger partial charge on any atom is 0.0695 e. The monoisotopic (exact) mass is 265 g/mol. The zero-order valence-electron chi connectivity index (χ0n) is 12.6. The van der Waals surface area contributed by atoms with Crippen molar-refractivity contribution in [2.75, 3.05) is 6.54 Å². The second-order valence-corrected chi connectivity index (χ2v) is 7.21. The molecule has 0 amide bonds. The van der Waals surface area contributed by atoms with Gasteiger partial charge in [0.1, 0.15) is 0 Å². The summed E-state index contributed by atoms with van der Waals surface area (Å²) >= 11 is 0. The van der Waals surface area contributed by atoms with Crippen LogP contribution in [0.3, 0.4) is 0 Å². The molecule has 1 aliphatic heterocycles. The minimum Gasteiger partial charge on any atom is -0.391 e. The summed E-state index contributed by atoms with van der Waals surface area (Å²) in [5, 5.41) is 10.5. The molecule has 3 rings (SSSR count). The quantitative estimate of drug-likeness (QED) is 0.825. The molecule has 0 aromatic carbocycles. The third-order valence-corrected chi connectivity index (χ3v) is 6.18. The molecular formula is C17H31NO. The number of nitrogens with zero attached hydrogens (tertiary/aromatic N) is 1. The largest absolute Gasteiger partial charge is 0.391 e. The van der Waals surface area contributed by atoms with E-state index in [0.29, 0.717) is 6.04 Å². The zero-order chi connectivity index (χ0) is 13.2. The van der Waals surface area contributed by atoms with Crippen molar-refractivity contribution in [1.29, 1.82) is 0 Å². The van der Waals surface area contributed by atoms with E-state index in [1.54, 1.807) is 0 Å². The first-order valence-corrected chi connectivity index (χ1v) is 8.73. The number of piperidine rings is 1. The van der Waals surface area contributed by atoms with Gasteiger partial charge in [0.2, 0.25) is 0 Å². The maximum atomic E-state index is 10.5. The lowest BCUT2D eigenvalue weighted by molar-refractivity contribution is -0.0539. The fourth-order valence-corrected chi connectivity index (χ4v) is 5.02. The molecule has 3 fully saturated rings. The normalized spacial score (nSPS) is 44.8. The van der Waals surface area contributed by atoms with Crippen LogP contribution in [0.15, 0.2) is 0 Å². The average Bonchev–Trinajstić information content (AvgIpc) is 2.47. The van der Waals surface area contributed by atoms with Gasteiger partial charge < -0.3 is 5.11 Å². The second-order valence-electron chi connectivity index (χ2n) is 7.21. The van der Waals surface area contributed by atoms with Gasteiger partial charge in [-0.25, -0.2) is 0 Å². The van der Waals surface area contributed by atoms with Crippen molar-refractivity contribution in [2.24, 2.45) is 11.8 Å². The summed E-state index contributed by atoms with van der Waals surface area (Å²) in [4.78, 5) is 2.75. The number of aliphatic hydroxyl groups excluding tert-OH is 1. The van der Waals surface area contributed by atoms with Crippen molar-refractivity contribution in [3.63, 3.8) is 0 Å². The summed E-state index contributed by atoms with van der Waals surface area (Å²) in [5.74, 6) is 1.80. The number of hydrogen-bond acceptors (Lipinski definition) is 2. The van der Waals surface area contributed by atoms with Gasteiger partial charge in [-0.1, -0.05) is 26.2 Å². The number of likely N-dealkylation sites (tertiary alicyclic amines) is 1. The zero-order valence-corrected chi connectivity index (χ0v) is 12.6. The van der Waals surface area contributed by atoms with Gasteiger partial charge in [-0.15, -0.1) is 0 Å². The minimum absolute atomic E-state index is 0.0523. The van der Waals surface area contributed by atoms with E-state index in [-0.39, 0.29) is 6.10 Å². The first-order chi connectivity index (χ1) is 9.29. The lowest BCUT2D eigenvalue weighted by atomic mass is 9.75. The van der Waals surface area contributed by atoms with E-state index < -0.39 is 0 Å². The molecule has 3 aliphatic rings. The van der Waals surface area contributed by atoms with Crippen molar-refractivity contribution in [1.82, 2.24) is 4.90 Å². The first kappa shape index (κ1) is 13.9. The molecule has 2 aliphatic carbocycles. The van der Waals surface area contributed by atoms with Crippen molar-refractivity contribution >= 4 is 0 Å². The van der Waals surface area contributed by atoms with E-state index in [9.17, 15) is 5.11 Å². The smallest absolute Gasteiger partial charge is 0.0695 e. The second kappa shape index (κ2) is 6.13. The Bertz CT molecular complexity index is 291. The molecule has 110 valence electrons. The molecule has 1 heterocycles. The Kier molecular flexibility index (Phi) is 4.48. The van der Waals surface area contributed by atoms with E-state index in [4.69, 9.17) is 0 Å².